The van der Waals surface area contributed by atoms with Crippen molar-refractivity contribution in [2.24, 2.45) is 5.92 Å². The maximum absolute atomic E-state index is 11.9. The van der Waals surface area contributed by atoms with Crippen molar-refractivity contribution in [3.8, 4) is 0 Å². The summed E-state index contributed by atoms with van der Waals surface area (Å²) in [6.45, 7) is 1.54. The average Bonchev–Trinajstić information content (AvgIpc) is 2.65. The van der Waals surface area contributed by atoms with Crippen molar-refractivity contribution >= 4 is 11.8 Å². The van der Waals surface area contributed by atoms with E-state index < -0.39 is 0 Å². The van der Waals surface area contributed by atoms with Crippen LogP contribution in [0.5, 0.6) is 0 Å². The molecule has 2 atom stereocenters. The highest BCUT2D eigenvalue weighted by atomic mass is 16.3. The Hall–Kier alpha value is -1.10. The number of amides is 2. The Morgan fingerprint density at radius 3 is 2.80 bits per heavy atom. The summed E-state index contributed by atoms with van der Waals surface area (Å²) in [5, 5.41) is 12.0. The number of piperidine rings is 1. The van der Waals surface area contributed by atoms with Crippen molar-refractivity contribution in [3.05, 3.63) is 0 Å². The van der Waals surface area contributed by atoms with Crippen LogP contribution in [0.25, 0.3) is 0 Å². The van der Waals surface area contributed by atoms with E-state index >= 15 is 0 Å². The molecule has 84 valence electrons. The zero-order valence-electron chi connectivity index (χ0n) is 8.61. The summed E-state index contributed by atoms with van der Waals surface area (Å²) >= 11 is 0. The monoisotopic (exact) mass is 212 g/mol. The van der Waals surface area contributed by atoms with Crippen molar-refractivity contribution in [2.75, 3.05) is 19.6 Å². The average molecular weight is 212 g/mol. The van der Waals surface area contributed by atoms with Gasteiger partial charge in [0.1, 0.15) is 0 Å². The highest BCUT2D eigenvalue weighted by Gasteiger charge is 2.31. The number of hydrogen-bond acceptors (Lipinski definition) is 3. The van der Waals surface area contributed by atoms with Crippen molar-refractivity contribution < 1.29 is 14.7 Å². The van der Waals surface area contributed by atoms with Crippen molar-refractivity contribution in [1.82, 2.24) is 10.2 Å². The topological polar surface area (TPSA) is 69.6 Å². The number of nitrogens with one attached hydrogen (secondary N) is 1. The molecule has 2 N–H and O–H groups in total. The second-order valence-corrected chi connectivity index (χ2v) is 4.27. The first-order chi connectivity index (χ1) is 7.16. The van der Waals surface area contributed by atoms with Gasteiger partial charge >= 0.3 is 0 Å². The van der Waals surface area contributed by atoms with Gasteiger partial charge in [0.2, 0.25) is 11.8 Å². The summed E-state index contributed by atoms with van der Waals surface area (Å²) < 4.78 is 0. The molecule has 2 saturated heterocycles. The first-order valence-electron chi connectivity index (χ1n) is 5.40. The van der Waals surface area contributed by atoms with Crippen molar-refractivity contribution in [3.63, 3.8) is 0 Å². The molecular weight excluding hydrogens is 196 g/mol. The van der Waals surface area contributed by atoms with E-state index in [1.807, 2.05) is 0 Å². The highest BCUT2D eigenvalue weighted by Crippen LogP contribution is 2.17. The number of aliphatic hydroxyl groups is 1. The lowest BCUT2D eigenvalue weighted by molar-refractivity contribution is -0.136. The molecule has 0 aliphatic carbocycles. The molecule has 0 radical (unpaired) electrons. The SMILES string of the molecule is O=C1CCC(C(=O)N2CC[C@@H](O)C2)CN1. The van der Waals surface area contributed by atoms with E-state index in [2.05, 4.69) is 5.32 Å². The molecule has 2 rings (SSSR count). The second-order valence-electron chi connectivity index (χ2n) is 4.27. The van der Waals surface area contributed by atoms with Crippen LogP contribution >= 0.6 is 0 Å². The molecule has 15 heavy (non-hydrogen) atoms. The molecule has 2 aliphatic rings. The molecule has 5 nitrogen and oxygen atoms in total. The number of aliphatic hydroxyl groups excluding tert-OH is 1. The Balaban J connectivity index is 1.88. The van der Waals surface area contributed by atoms with Gasteiger partial charge in [-0.3, -0.25) is 9.59 Å². The van der Waals surface area contributed by atoms with E-state index in [9.17, 15) is 14.7 Å². The van der Waals surface area contributed by atoms with Crippen LogP contribution in [0.15, 0.2) is 0 Å². The number of carbonyl (C=O) groups excluding carboxylic acids is 2. The summed E-state index contributed by atoms with van der Waals surface area (Å²) in [7, 11) is 0. The highest BCUT2D eigenvalue weighted by molar-refractivity contribution is 5.83. The third-order valence-electron chi connectivity index (χ3n) is 3.09. The normalized spacial score (nSPS) is 31.5. The van der Waals surface area contributed by atoms with E-state index in [1.165, 1.54) is 0 Å². The predicted octanol–water partition coefficient (Wildman–Crippen LogP) is -0.894. The summed E-state index contributed by atoms with van der Waals surface area (Å²) in [6, 6.07) is 0. The number of nitrogens with zero attached hydrogens (tertiary/aromatic N) is 1. The van der Waals surface area contributed by atoms with Gasteiger partial charge in [-0.05, 0) is 12.8 Å². The second kappa shape index (κ2) is 4.18. The Morgan fingerprint density at radius 2 is 2.27 bits per heavy atom. The number of likely N-dealkylation sites (tertiary alicyclic amines) is 1. The summed E-state index contributed by atoms with van der Waals surface area (Å²) in [4.78, 5) is 24.5. The molecule has 2 heterocycles. The Labute approximate surface area is 88.4 Å². The molecular formula is C10H16N2O3. The number of β-amino-alcohol motifs (C(OH)–C–C–N with tert-alkyl or cyclic N) is 1. The molecule has 0 aromatic heterocycles. The van der Waals surface area contributed by atoms with E-state index in [-0.39, 0.29) is 23.8 Å². The van der Waals surface area contributed by atoms with Gasteiger partial charge in [-0.15, -0.1) is 0 Å². The van der Waals surface area contributed by atoms with Crippen LogP contribution in [-0.2, 0) is 9.59 Å². The molecule has 2 aliphatic heterocycles. The van der Waals surface area contributed by atoms with Gasteiger partial charge in [-0.1, -0.05) is 0 Å². The molecule has 1 unspecified atom stereocenters. The predicted molar refractivity (Wildman–Crippen MR) is 52.9 cm³/mol. The Morgan fingerprint density at radius 1 is 1.47 bits per heavy atom. The van der Waals surface area contributed by atoms with E-state index in [4.69, 9.17) is 0 Å². The lowest BCUT2D eigenvalue weighted by Crippen LogP contribution is -2.44. The molecule has 0 spiro atoms. The zero-order valence-corrected chi connectivity index (χ0v) is 8.61. The van der Waals surface area contributed by atoms with Gasteiger partial charge in [0.25, 0.3) is 0 Å². The van der Waals surface area contributed by atoms with Gasteiger partial charge < -0.3 is 15.3 Å². The first-order valence-corrected chi connectivity index (χ1v) is 5.40. The minimum atomic E-state index is -0.368. The smallest absolute Gasteiger partial charge is 0.227 e. The quantitative estimate of drug-likeness (QED) is 0.592. The van der Waals surface area contributed by atoms with E-state index in [0.29, 0.717) is 38.9 Å². The molecule has 0 bridgehead atoms. The Bertz CT molecular complexity index is 270. The van der Waals surface area contributed by atoms with Crippen LogP contribution in [0.4, 0.5) is 0 Å². The summed E-state index contributed by atoms with van der Waals surface area (Å²) in [5.41, 5.74) is 0. The van der Waals surface area contributed by atoms with Crippen molar-refractivity contribution in [2.45, 2.75) is 25.4 Å². The van der Waals surface area contributed by atoms with Crippen molar-refractivity contribution in [1.29, 1.82) is 0 Å². The van der Waals surface area contributed by atoms with Gasteiger partial charge in [-0.2, -0.15) is 0 Å². The third-order valence-corrected chi connectivity index (χ3v) is 3.09. The number of carbonyl (C=O) groups is 2. The molecule has 2 amide bonds. The van der Waals surface area contributed by atoms with Gasteiger partial charge in [0.15, 0.2) is 0 Å². The summed E-state index contributed by atoms with van der Waals surface area (Å²) in [6.07, 6.45) is 1.38. The van der Waals surface area contributed by atoms with E-state index in [1.54, 1.807) is 4.90 Å². The van der Waals surface area contributed by atoms with Crippen LogP contribution in [0.3, 0.4) is 0 Å². The zero-order chi connectivity index (χ0) is 10.8. The van der Waals surface area contributed by atoms with Crippen LogP contribution in [0, 0.1) is 5.92 Å². The fourth-order valence-corrected chi connectivity index (χ4v) is 2.14. The van der Waals surface area contributed by atoms with Gasteiger partial charge in [-0.25, -0.2) is 0 Å². The largest absolute Gasteiger partial charge is 0.391 e. The van der Waals surface area contributed by atoms with Crippen LogP contribution < -0.4 is 5.32 Å². The molecule has 0 saturated carbocycles. The maximum Gasteiger partial charge on any atom is 0.227 e. The molecule has 0 aromatic carbocycles. The number of hydrogen-bond donors (Lipinski definition) is 2. The standard InChI is InChI=1S/C10H16N2O3/c13-8-3-4-12(6-8)10(15)7-1-2-9(14)11-5-7/h7-8,13H,1-6H2,(H,11,14)/t7?,8-/m1/s1. The fourth-order valence-electron chi connectivity index (χ4n) is 2.14. The minimum Gasteiger partial charge on any atom is -0.391 e. The van der Waals surface area contributed by atoms with E-state index in [0.717, 1.165) is 0 Å². The minimum absolute atomic E-state index is 0.0282. The summed E-state index contributed by atoms with van der Waals surface area (Å²) in [5.74, 6) is 0.0139. The van der Waals surface area contributed by atoms with Crippen LogP contribution in [0.1, 0.15) is 19.3 Å². The lowest BCUT2D eigenvalue weighted by Gasteiger charge is -2.26. The Kier molecular flexibility index (Phi) is 2.90. The third kappa shape index (κ3) is 2.28. The molecule has 0 aromatic rings. The van der Waals surface area contributed by atoms with Crippen LogP contribution in [-0.4, -0.2) is 47.6 Å². The van der Waals surface area contributed by atoms with Gasteiger partial charge in [0.05, 0.1) is 12.0 Å². The number of rotatable bonds is 1. The van der Waals surface area contributed by atoms with Crippen LogP contribution in [0.2, 0.25) is 0 Å². The fraction of sp³-hybridized carbons (Fsp3) is 0.800. The molecule has 2 fully saturated rings. The molecule has 5 heteroatoms. The lowest BCUT2D eigenvalue weighted by atomic mass is 9.98. The maximum atomic E-state index is 11.9. The first kappa shape index (κ1) is 10.4. The van der Waals surface area contributed by atoms with Gasteiger partial charge in [0, 0.05) is 26.1 Å².